The van der Waals surface area contributed by atoms with E-state index in [1.807, 2.05) is 23.6 Å². The summed E-state index contributed by atoms with van der Waals surface area (Å²) in [5.41, 5.74) is 2.52. The third-order valence-electron chi connectivity index (χ3n) is 5.42. The summed E-state index contributed by atoms with van der Waals surface area (Å²) in [6, 6.07) is 15.0. The van der Waals surface area contributed by atoms with Gasteiger partial charge in [-0.15, -0.1) is 10.2 Å². The molecule has 0 saturated carbocycles. The standard InChI is InChI=1S/C27H34N4O3S/c1-17(2)15-31-26(20(6)34-24-13-9-21(10-14-24)18(3)4)29-30-27(31)35-16-25(33)28-23-11-7-22(8-12-23)19(5)32/h7-14,17-18,20H,15-16H2,1-6H3,(H,28,33). The number of amides is 1. The van der Waals surface area contributed by atoms with Crippen molar-refractivity contribution in [2.24, 2.45) is 5.92 Å². The van der Waals surface area contributed by atoms with Crippen LogP contribution in [0.4, 0.5) is 5.69 Å². The zero-order chi connectivity index (χ0) is 25.5. The average Bonchev–Trinajstić information content (AvgIpc) is 3.20. The number of thioether (sulfide) groups is 1. The number of rotatable bonds is 11. The number of hydrogen-bond donors (Lipinski definition) is 1. The van der Waals surface area contributed by atoms with Crippen LogP contribution in [0.25, 0.3) is 0 Å². The van der Waals surface area contributed by atoms with E-state index in [0.29, 0.717) is 28.2 Å². The fourth-order valence-electron chi connectivity index (χ4n) is 3.55. The van der Waals surface area contributed by atoms with Gasteiger partial charge in [-0.1, -0.05) is 51.6 Å². The number of ether oxygens (including phenoxy) is 1. The third kappa shape index (κ3) is 7.42. The van der Waals surface area contributed by atoms with E-state index in [4.69, 9.17) is 4.74 Å². The molecule has 3 rings (SSSR count). The maximum absolute atomic E-state index is 12.5. The van der Waals surface area contributed by atoms with Gasteiger partial charge in [-0.05, 0) is 67.6 Å². The molecule has 186 valence electrons. The highest BCUT2D eigenvalue weighted by molar-refractivity contribution is 7.99. The molecule has 0 saturated heterocycles. The van der Waals surface area contributed by atoms with Gasteiger partial charge in [0.1, 0.15) is 5.75 Å². The topological polar surface area (TPSA) is 86.1 Å². The number of Topliss-reactive ketones (excluding diaryl/α,β-unsaturated/α-hetero) is 1. The lowest BCUT2D eigenvalue weighted by atomic mass is 10.0. The molecule has 0 bridgehead atoms. The lowest BCUT2D eigenvalue weighted by molar-refractivity contribution is -0.113. The first kappa shape index (κ1) is 26.5. The Hall–Kier alpha value is -3.13. The molecule has 8 heteroatoms. The summed E-state index contributed by atoms with van der Waals surface area (Å²) in [6.07, 6.45) is -0.297. The van der Waals surface area contributed by atoms with Crippen molar-refractivity contribution in [2.75, 3.05) is 11.1 Å². The van der Waals surface area contributed by atoms with Crippen molar-refractivity contribution in [3.05, 3.63) is 65.5 Å². The first-order valence-electron chi connectivity index (χ1n) is 11.9. The highest BCUT2D eigenvalue weighted by atomic mass is 32.2. The van der Waals surface area contributed by atoms with Crippen LogP contribution in [-0.4, -0.2) is 32.2 Å². The van der Waals surface area contributed by atoms with E-state index >= 15 is 0 Å². The normalized spacial score (nSPS) is 12.1. The van der Waals surface area contributed by atoms with Gasteiger partial charge in [0.2, 0.25) is 5.91 Å². The molecule has 0 radical (unpaired) electrons. The van der Waals surface area contributed by atoms with Gasteiger partial charge in [-0.2, -0.15) is 0 Å². The highest BCUT2D eigenvalue weighted by Crippen LogP contribution is 2.27. The van der Waals surface area contributed by atoms with Crippen LogP contribution >= 0.6 is 11.8 Å². The Labute approximate surface area is 211 Å². The maximum atomic E-state index is 12.5. The Bertz CT molecular complexity index is 1140. The molecule has 0 aliphatic rings. The Kier molecular flexibility index (Phi) is 9.09. The van der Waals surface area contributed by atoms with E-state index in [1.54, 1.807) is 24.3 Å². The summed E-state index contributed by atoms with van der Waals surface area (Å²) >= 11 is 1.34. The van der Waals surface area contributed by atoms with Crippen molar-refractivity contribution < 1.29 is 14.3 Å². The summed E-state index contributed by atoms with van der Waals surface area (Å²) in [5, 5.41) is 12.3. The van der Waals surface area contributed by atoms with Crippen molar-refractivity contribution >= 4 is 29.1 Å². The SMILES string of the molecule is CC(=O)c1ccc(NC(=O)CSc2nnc(C(C)Oc3ccc(C(C)C)cc3)n2CC(C)C)cc1. The first-order chi connectivity index (χ1) is 16.6. The molecule has 1 heterocycles. The van der Waals surface area contributed by atoms with Crippen LogP contribution in [0.15, 0.2) is 53.7 Å². The minimum absolute atomic E-state index is 0.00972. The fraction of sp³-hybridized carbons (Fsp3) is 0.407. The summed E-state index contributed by atoms with van der Waals surface area (Å²) in [6.45, 7) is 12.8. The van der Waals surface area contributed by atoms with Crippen LogP contribution in [0.3, 0.4) is 0 Å². The molecule has 1 amide bonds. The number of carbonyl (C=O) groups is 2. The van der Waals surface area contributed by atoms with Crippen LogP contribution in [0.2, 0.25) is 0 Å². The molecule has 2 aromatic carbocycles. The van der Waals surface area contributed by atoms with Crippen LogP contribution in [-0.2, 0) is 11.3 Å². The van der Waals surface area contributed by atoms with Gasteiger partial charge in [-0.3, -0.25) is 9.59 Å². The quantitative estimate of drug-likeness (QED) is 0.255. The Balaban J connectivity index is 1.66. The minimum atomic E-state index is -0.297. The van der Waals surface area contributed by atoms with Gasteiger partial charge in [0.05, 0.1) is 5.75 Å². The van der Waals surface area contributed by atoms with Gasteiger partial charge in [0.25, 0.3) is 0 Å². The smallest absolute Gasteiger partial charge is 0.234 e. The Morgan fingerprint density at radius 3 is 2.20 bits per heavy atom. The number of carbonyl (C=O) groups excluding carboxylic acids is 2. The second-order valence-electron chi connectivity index (χ2n) is 9.30. The molecule has 0 aliphatic heterocycles. The molecule has 3 aromatic rings. The predicted molar refractivity (Wildman–Crippen MR) is 140 cm³/mol. The van der Waals surface area contributed by atoms with Crippen LogP contribution < -0.4 is 10.1 Å². The van der Waals surface area contributed by atoms with E-state index in [0.717, 1.165) is 18.1 Å². The van der Waals surface area contributed by atoms with Crippen molar-refractivity contribution in [2.45, 2.75) is 65.3 Å². The van der Waals surface area contributed by atoms with Gasteiger partial charge in [0.15, 0.2) is 22.9 Å². The van der Waals surface area contributed by atoms with Gasteiger partial charge >= 0.3 is 0 Å². The first-order valence-corrected chi connectivity index (χ1v) is 12.9. The van der Waals surface area contributed by atoms with Crippen molar-refractivity contribution in [1.82, 2.24) is 14.8 Å². The molecule has 1 N–H and O–H groups in total. The van der Waals surface area contributed by atoms with Crippen LogP contribution in [0.1, 0.15) is 75.3 Å². The Morgan fingerprint density at radius 2 is 1.63 bits per heavy atom. The molecule has 0 fully saturated rings. The minimum Gasteiger partial charge on any atom is -0.483 e. The number of benzene rings is 2. The second-order valence-corrected chi connectivity index (χ2v) is 10.2. The summed E-state index contributed by atoms with van der Waals surface area (Å²) < 4.78 is 8.20. The monoisotopic (exact) mass is 494 g/mol. The van der Waals surface area contributed by atoms with Gasteiger partial charge in [0, 0.05) is 17.8 Å². The van der Waals surface area contributed by atoms with Crippen molar-refractivity contribution in [1.29, 1.82) is 0 Å². The zero-order valence-electron chi connectivity index (χ0n) is 21.2. The molecule has 1 aromatic heterocycles. The van der Waals surface area contributed by atoms with E-state index in [9.17, 15) is 9.59 Å². The van der Waals surface area contributed by atoms with Crippen LogP contribution in [0, 0.1) is 5.92 Å². The summed E-state index contributed by atoms with van der Waals surface area (Å²) in [7, 11) is 0. The zero-order valence-corrected chi connectivity index (χ0v) is 22.1. The number of hydrogen-bond acceptors (Lipinski definition) is 6. The average molecular weight is 495 g/mol. The van der Waals surface area contributed by atoms with Crippen molar-refractivity contribution in [3.63, 3.8) is 0 Å². The van der Waals surface area contributed by atoms with E-state index in [1.165, 1.54) is 24.2 Å². The number of nitrogens with one attached hydrogen (secondary N) is 1. The van der Waals surface area contributed by atoms with Crippen LogP contribution in [0.5, 0.6) is 5.75 Å². The predicted octanol–water partition coefficient (Wildman–Crippen LogP) is 6.13. The molecule has 1 unspecified atom stereocenters. The molecule has 1 atom stereocenters. The molecular formula is C27H34N4O3S. The van der Waals surface area contributed by atoms with Crippen molar-refractivity contribution in [3.8, 4) is 5.75 Å². The Morgan fingerprint density at radius 1 is 0.971 bits per heavy atom. The second kappa shape index (κ2) is 12.0. The number of nitrogens with zero attached hydrogens (tertiary/aromatic N) is 3. The number of ketones is 1. The maximum Gasteiger partial charge on any atom is 0.234 e. The highest BCUT2D eigenvalue weighted by Gasteiger charge is 2.21. The van der Waals surface area contributed by atoms with E-state index in [2.05, 4.69) is 55.3 Å². The molecular weight excluding hydrogens is 460 g/mol. The van der Waals surface area contributed by atoms with Gasteiger partial charge in [-0.25, -0.2) is 0 Å². The number of anilines is 1. The molecule has 0 aliphatic carbocycles. The largest absolute Gasteiger partial charge is 0.483 e. The fourth-order valence-corrected chi connectivity index (χ4v) is 4.30. The molecule has 7 nitrogen and oxygen atoms in total. The van der Waals surface area contributed by atoms with E-state index in [-0.39, 0.29) is 23.5 Å². The summed E-state index contributed by atoms with van der Waals surface area (Å²) in [5.74, 6) is 2.38. The third-order valence-corrected chi connectivity index (χ3v) is 6.39. The molecule has 35 heavy (non-hydrogen) atoms. The molecule has 0 spiro atoms. The lowest BCUT2D eigenvalue weighted by Gasteiger charge is -2.18. The van der Waals surface area contributed by atoms with Gasteiger partial charge < -0.3 is 14.6 Å². The number of aromatic nitrogens is 3. The lowest BCUT2D eigenvalue weighted by Crippen LogP contribution is -2.17. The van der Waals surface area contributed by atoms with E-state index < -0.39 is 0 Å². The summed E-state index contributed by atoms with van der Waals surface area (Å²) in [4.78, 5) is 23.9.